The van der Waals surface area contributed by atoms with Crippen molar-refractivity contribution in [2.24, 2.45) is 0 Å². The van der Waals surface area contributed by atoms with E-state index in [-0.39, 0.29) is 5.56 Å². The van der Waals surface area contributed by atoms with Gasteiger partial charge < -0.3 is 9.64 Å². The Morgan fingerprint density at radius 3 is 2.83 bits per heavy atom. The number of nitrogens with zero attached hydrogens (tertiary/aromatic N) is 6. The zero-order valence-electron chi connectivity index (χ0n) is 17.5. The van der Waals surface area contributed by atoms with Gasteiger partial charge in [0, 0.05) is 63.3 Å². The van der Waals surface area contributed by atoms with Crippen LogP contribution in [0.25, 0.3) is 10.9 Å². The van der Waals surface area contributed by atoms with Crippen molar-refractivity contribution in [3.63, 3.8) is 0 Å². The molecular formula is C22H28N6O2. The van der Waals surface area contributed by atoms with E-state index in [1.54, 1.807) is 18.0 Å². The molecule has 2 aromatic heterocycles. The van der Waals surface area contributed by atoms with Crippen molar-refractivity contribution < 1.29 is 4.74 Å². The molecule has 2 aliphatic heterocycles. The molecule has 3 aromatic rings. The normalized spacial score (nSPS) is 17.0. The predicted molar refractivity (Wildman–Crippen MR) is 116 cm³/mol. The zero-order chi connectivity index (χ0) is 20.5. The Labute approximate surface area is 175 Å². The van der Waals surface area contributed by atoms with Crippen LogP contribution in [0.15, 0.2) is 35.5 Å². The van der Waals surface area contributed by atoms with E-state index >= 15 is 0 Å². The number of fused-ring (bicyclic) bond motifs is 2. The van der Waals surface area contributed by atoms with Crippen LogP contribution in [0.2, 0.25) is 0 Å². The number of hydrogen-bond acceptors (Lipinski definition) is 6. The van der Waals surface area contributed by atoms with Gasteiger partial charge in [-0.25, -0.2) is 4.98 Å². The van der Waals surface area contributed by atoms with Crippen molar-refractivity contribution in [2.75, 3.05) is 44.8 Å². The second-order valence-corrected chi connectivity index (χ2v) is 8.14. The Balaban J connectivity index is 1.26. The lowest BCUT2D eigenvalue weighted by atomic mass is 10.1. The Bertz CT molecular complexity index is 1100. The molecule has 0 N–H and O–H groups in total. The number of piperazine rings is 1. The fourth-order valence-electron chi connectivity index (χ4n) is 4.56. The first-order valence-corrected chi connectivity index (χ1v) is 10.7. The summed E-state index contributed by atoms with van der Waals surface area (Å²) in [6.45, 7) is 7.06. The SMILES string of the molecule is COCCn1cnc2cc(N3CCN(Cc4cnn5c4CCC5)CC3)ccc2c1=O. The molecule has 1 saturated heterocycles. The fourth-order valence-corrected chi connectivity index (χ4v) is 4.56. The number of rotatable bonds is 6. The summed E-state index contributed by atoms with van der Waals surface area (Å²) in [6.07, 6.45) is 6.05. The lowest BCUT2D eigenvalue weighted by Crippen LogP contribution is -2.46. The molecule has 0 amide bonds. The summed E-state index contributed by atoms with van der Waals surface area (Å²) in [7, 11) is 1.63. The van der Waals surface area contributed by atoms with E-state index in [9.17, 15) is 4.79 Å². The molecule has 0 aliphatic carbocycles. The molecule has 0 unspecified atom stereocenters. The molecule has 0 bridgehead atoms. The molecule has 5 rings (SSSR count). The highest BCUT2D eigenvalue weighted by Crippen LogP contribution is 2.23. The van der Waals surface area contributed by atoms with Gasteiger partial charge >= 0.3 is 0 Å². The van der Waals surface area contributed by atoms with Crippen LogP contribution >= 0.6 is 0 Å². The van der Waals surface area contributed by atoms with Gasteiger partial charge in [0.25, 0.3) is 5.56 Å². The van der Waals surface area contributed by atoms with E-state index in [2.05, 4.69) is 30.8 Å². The van der Waals surface area contributed by atoms with E-state index in [0.717, 1.165) is 56.9 Å². The van der Waals surface area contributed by atoms with Gasteiger partial charge in [0.2, 0.25) is 0 Å². The molecule has 2 aliphatic rings. The van der Waals surface area contributed by atoms with Crippen LogP contribution < -0.4 is 10.5 Å². The maximum absolute atomic E-state index is 12.6. The highest BCUT2D eigenvalue weighted by Gasteiger charge is 2.22. The third-order valence-electron chi connectivity index (χ3n) is 6.30. The predicted octanol–water partition coefficient (Wildman–Crippen LogP) is 1.51. The summed E-state index contributed by atoms with van der Waals surface area (Å²) in [5.41, 5.74) is 4.69. The largest absolute Gasteiger partial charge is 0.383 e. The fraction of sp³-hybridized carbons (Fsp3) is 0.500. The van der Waals surface area contributed by atoms with Gasteiger partial charge in [0.05, 0.1) is 36.6 Å². The Morgan fingerprint density at radius 1 is 1.13 bits per heavy atom. The van der Waals surface area contributed by atoms with Crippen molar-refractivity contribution in [3.05, 3.63) is 52.3 Å². The number of aromatic nitrogens is 4. The van der Waals surface area contributed by atoms with Gasteiger partial charge in [-0.15, -0.1) is 0 Å². The van der Waals surface area contributed by atoms with Gasteiger partial charge in [-0.05, 0) is 31.0 Å². The number of aryl methyl sites for hydroxylation is 1. The van der Waals surface area contributed by atoms with E-state index in [0.29, 0.717) is 18.5 Å². The number of hydrogen-bond donors (Lipinski definition) is 0. The highest BCUT2D eigenvalue weighted by molar-refractivity contribution is 5.81. The molecule has 158 valence electrons. The average molecular weight is 409 g/mol. The number of benzene rings is 1. The van der Waals surface area contributed by atoms with Crippen LogP contribution in [0, 0.1) is 0 Å². The van der Waals surface area contributed by atoms with Crippen molar-refractivity contribution in [1.82, 2.24) is 24.2 Å². The van der Waals surface area contributed by atoms with Gasteiger partial charge in [-0.3, -0.25) is 18.9 Å². The van der Waals surface area contributed by atoms with Crippen LogP contribution in [0.1, 0.15) is 17.7 Å². The second-order valence-electron chi connectivity index (χ2n) is 8.14. The van der Waals surface area contributed by atoms with Crippen molar-refractivity contribution in [1.29, 1.82) is 0 Å². The summed E-state index contributed by atoms with van der Waals surface area (Å²) >= 11 is 0. The van der Waals surface area contributed by atoms with E-state index in [1.165, 1.54) is 17.7 Å². The number of anilines is 1. The third-order valence-corrected chi connectivity index (χ3v) is 6.30. The summed E-state index contributed by atoms with van der Waals surface area (Å²) in [4.78, 5) is 22.0. The maximum Gasteiger partial charge on any atom is 0.261 e. The van der Waals surface area contributed by atoms with Gasteiger partial charge in [0.1, 0.15) is 0 Å². The van der Waals surface area contributed by atoms with Gasteiger partial charge in [-0.1, -0.05) is 0 Å². The first kappa shape index (κ1) is 19.3. The second kappa shape index (κ2) is 8.20. The van der Waals surface area contributed by atoms with Crippen LogP contribution in [0.4, 0.5) is 5.69 Å². The number of methoxy groups -OCH3 is 1. The molecule has 0 radical (unpaired) electrons. The van der Waals surface area contributed by atoms with E-state index < -0.39 is 0 Å². The van der Waals surface area contributed by atoms with Crippen molar-refractivity contribution in [3.8, 4) is 0 Å². The monoisotopic (exact) mass is 408 g/mol. The lowest BCUT2D eigenvalue weighted by molar-refractivity contribution is 0.186. The van der Waals surface area contributed by atoms with Crippen LogP contribution in [-0.4, -0.2) is 64.1 Å². The molecule has 0 saturated carbocycles. The topological polar surface area (TPSA) is 68.4 Å². The Morgan fingerprint density at radius 2 is 2.00 bits per heavy atom. The summed E-state index contributed by atoms with van der Waals surface area (Å²) in [5.74, 6) is 0. The minimum atomic E-state index is -0.0119. The van der Waals surface area contributed by atoms with E-state index in [1.807, 2.05) is 18.2 Å². The summed E-state index contributed by atoms with van der Waals surface area (Å²) in [5, 5.41) is 5.18. The molecule has 1 aromatic carbocycles. The van der Waals surface area contributed by atoms with Crippen LogP contribution in [-0.2, 0) is 30.8 Å². The molecule has 1 fully saturated rings. The quantitative estimate of drug-likeness (QED) is 0.616. The minimum absolute atomic E-state index is 0.0119. The molecule has 0 atom stereocenters. The molecule has 4 heterocycles. The molecule has 8 heteroatoms. The van der Waals surface area contributed by atoms with Crippen molar-refractivity contribution >= 4 is 16.6 Å². The number of ether oxygens (including phenoxy) is 1. The molecule has 8 nitrogen and oxygen atoms in total. The molecule has 30 heavy (non-hydrogen) atoms. The van der Waals surface area contributed by atoms with Crippen LogP contribution in [0.5, 0.6) is 0 Å². The smallest absolute Gasteiger partial charge is 0.261 e. The molecule has 0 spiro atoms. The first-order chi connectivity index (χ1) is 14.7. The summed E-state index contributed by atoms with van der Waals surface area (Å²) in [6, 6.07) is 6.00. The lowest BCUT2D eigenvalue weighted by Gasteiger charge is -2.36. The van der Waals surface area contributed by atoms with Gasteiger partial charge in [-0.2, -0.15) is 5.10 Å². The zero-order valence-corrected chi connectivity index (χ0v) is 17.5. The van der Waals surface area contributed by atoms with Crippen LogP contribution in [0.3, 0.4) is 0 Å². The standard InChI is InChI=1S/C22H28N6O2/c1-30-12-11-27-16-23-20-13-18(4-5-19(20)22(27)29)26-9-7-25(8-10-26)15-17-14-24-28-6-2-3-21(17)28/h4-5,13-14,16H,2-3,6-12,15H2,1H3. The first-order valence-electron chi connectivity index (χ1n) is 10.7. The average Bonchev–Trinajstić information content (AvgIpc) is 3.39. The Hall–Kier alpha value is -2.71. The Kier molecular flexibility index (Phi) is 5.26. The van der Waals surface area contributed by atoms with E-state index in [4.69, 9.17) is 4.74 Å². The maximum atomic E-state index is 12.6. The van der Waals surface area contributed by atoms with Gasteiger partial charge in [0.15, 0.2) is 0 Å². The molecular weight excluding hydrogens is 380 g/mol. The summed E-state index contributed by atoms with van der Waals surface area (Å²) < 4.78 is 8.84. The minimum Gasteiger partial charge on any atom is -0.383 e. The third kappa shape index (κ3) is 3.61. The van der Waals surface area contributed by atoms with Crippen molar-refractivity contribution in [2.45, 2.75) is 32.5 Å². The highest BCUT2D eigenvalue weighted by atomic mass is 16.5.